The summed E-state index contributed by atoms with van der Waals surface area (Å²) in [5.41, 5.74) is 3.26. The maximum atomic E-state index is 3.91. The topological polar surface area (TPSA) is 50.7 Å². The number of hydrogen-bond donors (Lipinski definition) is 1. The van der Waals surface area contributed by atoms with Gasteiger partial charge in [0.05, 0.1) is 6.20 Å². The molecule has 0 aliphatic carbocycles. The number of benzene rings is 2. The van der Waals surface area contributed by atoms with Crippen molar-refractivity contribution in [3.8, 4) is 0 Å². The second kappa shape index (κ2) is 6.43. The lowest BCUT2D eigenvalue weighted by Crippen LogP contribution is -1.95. The van der Waals surface area contributed by atoms with Crippen LogP contribution in [0.3, 0.4) is 0 Å². The normalized spacial score (nSPS) is 10.7. The molecule has 1 N–H and O–H groups in total. The van der Waals surface area contributed by atoms with Gasteiger partial charge in [0.2, 0.25) is 0 Å². The molecule has 0 fully saturated rings. The van der Waals surface area contributed by atoms with Gasteiger partial charge in [0, 0.05) is 11.8 Å². The molecule has 4 nitrogen and oxygen atoms in total. The van der Waals surface area contributed by atoms with Gasteiger partial charge in [-0.25, -0.2) is 0 Å². The molecule has 3 aromatic rings. The highest BCUT2D eigenvalue weighted by Crippen LogP contribution is 2.17. The van der Waals surface area contributed by atoms with E-state index >= 15 is 0 Å². The van der Waals surface area contributed by atoms with E-state index in [0.717, 1.165) is 11.3 Å². The van der Waals surface area contributed by atoms with E-state index in [2.05, 4.69) is 57.1 Å². The van der Waals surface area contributed by atoms with Crippen LogP contribution in [-0.4, -0.2) is 15.4 Å². The van der Waals surface area contributed by atoms with Crippen LogP contribution < -0.4 is 5.32 Å². The van der Waals surface area contributed by atoms with Gasteiger partial charge in [-0.3, -0.25) is 0 Å². The fourth-order valence-corrected chi connectivity index (χ4v) is 1.93. The van der Waals surface area contributed by atoms with Crippen molar-refractivity contribution in [2.24, 2.45) is 0 Å². The molecule has 4 heteroatoms. The number of aromatic nitrogens is 3. The summed E-state index contributed by atoms with van der Waals surface area (Å²) in [6.45, 7) is 0. The van der Waals surface area contributed by atoms with E-state index in [1.165, 1.54) is 5.56 Å². The molecule has 0 spiro atoms. The monoisotopic (exact) mass is 274 g/mol. The smallest absolute Gasteiger partial charge is 0.156 e. The Hall–Kier alpha value is -3.01. The average Bonchev–Trinajstić information content (AvgIpc) is 2.55. The van der Waals surface area contributed by atoms with Crippen LogP contribution in [0.25, 0.3) is 12.2 Å². The summed E-state index contributed by atoms with van der Waals surface area (Å²) in [4.78, 5) is 0. The number of hydrogen-bond acceptors (Lipinski definition) is 4. The third-order valence-corrected chi connectivity index (χ3v) is 2.93. The molecule has 0 unspecified atom stereocenters. The predicted molar refractivity (Wildman–Crippen MR) is 84.9 cm³/mol. The van der Waals surface area contributed by atoms with Crippen LogP contribution in [0, 0.1) is 0 Å². The first kappa shape index (κ1) is 13.0. The fourth-order valence-electron chi connectivity index (χ4n) is 1.93. The van der Waals surface area contributed by atoms with E-state index < -0.39 is 0 Å². The highest BCUT2D eigenvalue weighted by Gasteiger charge is 1.96. The summed E-state index contributed by atoms with van der Waals surface area (Å²) < 4.78 is 0. The Morgan fingerprint density at radius 3 is 2.43 bits per heavy atom. The maximum absolute atomic E-state index is 3.91. The third kappa shape index (κ3) is 3.73. The zero-order chi connectivity index (χ0) is 14.3. The third-order valence-electron chi connectivity index (χ3n) is 2.93. The van der Waals surface area contributed by atoms with E-state index in [0.29, 0.717) is 5.82 Å². The minimum absolute atomic E-state index is 0.675. The van der Waals surface area contributed by atoms with Crippen LogP contribution in [0.4, 0.5) is 11.5 Å². The van der Waals surface area contributed by atoms with Crippen LogP contribution in [0.5, 0.6) is 0 Å². The lowest BCUT2D eigenvalue weighted by atomic mass is 10.1. The molecule has 2 aromatic carbocycles. The van der Waals surface area contributed by atoms with Crippen LogP contribution >= 0.6 is 0 Å². The number of rotatable bonds is 4. The molecule has 0 amide bonds. The summed E-state index contributed by atoms with van der Waals surface area (Å²) in [7, 11) is 0. The van der Waals surface area contributed by atoms with Crippen molar-refractivity contribution in [1.29, 1.82) is 0 Å². The Balaban J connectivity index is 1.76. The molecule has 0 atom stereocenters. The van der Waals surface area contributed by atoms with Gasteiger partial charge in [0.15, 0.2) is 5.82 Å². The Kier molecular flexibility index (Phi) is 3.98. The highest BCUT2D eigenvalue weighted by molar-refractivity contribution is 5.72. The van der Waals surface area contributed by atoms with E-state index in [-0.39, 0.29) is 0 Å². The van der Waals surface area contributed by atoms with Crippen molar-refractivity contribution in [3.05, 3.63) is 78.0 Å². The van der Waals surface area contributed by atoms with Gasteiger partial charge in [-0.1, -0.05) is 54.6 Å². The SMILES string of the molecule is C(=Cc1cccc(Nc2ccnnn2)c1)c1ccccc1. The van der Waals surface area contributed by atoms with Crippen molar-refractivity contribution >= 4 is 23.7 Å². The first-order chi connectivity index (χ1) is 10.4. The molecule has 0 aliphatic rings. The van der Waals surface area contributed by atoms with E-state index in [1.807, 2.05) is 30.3 Å². The molecular weight excluding hydrogens is 260 g/mol. The van der Waals surface area contributed by atoms with Crippen molar-refractivity contribution in [2.45, 2.75) is 0 Å². The second-order valence-corrected chi connectivity index (χ2v) is 4.50. The van der Waals surface area contributed by atoms with Gasteiger partial charge in [-0.05, 0) is 28.5 Å². The van der Waals surface area contributed by atoms with Crippen molar-refractivity contribution in [1.82, 2.24) is 15.4 Å². The van der Waals surface area contributed by atoms with E-state index in [9.17, 15) is 0 Å². The summed E-state index contributed by atoms with van der Waals surface area (Å²) >= 11 is 0. The summed E-state index contributed by atoms with van der Waals surface area (Å²) in [6, 6.07) is 20.1. The Morgan fingerprint density at radius 1 is 0.810 bits per heavy atom. The molecule has 21 heavy (non-hydrogen) atoms. The first-order valence-electron chi connectivity index (χ1n) is 6.65. The molecule has 102 valence electrons. The molecule has 0 saturated heterocycles. The van der Waals surface area contributed by atoms with Crippen molar-refractivity contribution < 1.29 is 0 Å². The van der Waals surface area contributed by atoms with Crippen molar-refractivity contribution in [3.63, 3.8) is 0 Å². The molecule has 0 bridgehead atoms. The predicted octanol–water partition coefficient (Wildman–Crippen LogP) is 3.79. The number of anilines is 2. The fraction of sp³-hybridized carbons (Fsp3) is 0. The van der Waals surface area contributed by atoms with Crippen LogP contribution in [0.1, 0.15) is 11.1 Å². The zero-order valence-electron chi connectivity index (χ0n) is 11.3. The molecule has 1 heterocycles. The number of nitrogens with zero attached hydrogens (tertiary/aromatic N) is 3. The molecule has 0 saturated carbocycles. The first-order valence-corrected chi connectivity index (χ1v) is 6.65. The number of nitrogens with one attached hydrogen (secondary N) is 1. The van der Waals surface area contributed by atoms with Crippen molar-refractivity contribution in [2.75, 3.05) is 5.32 Å². The molecule has 1 aromatic heterocycles. The second-order valence-electron chi connectivity index (χ2n) is 4.50. The Labute approximate surface area is 123 Å². The molecule has 0 radical (unpaired) electrons. The van der Waals surface area contributed by atoms with Gasteiger partial charge in [-0.15, -0.1) is 10.2 Å². The quantitative estimate of drug-likeness (QED) is 0.735. The van der Waals surface area contributed by atoms with Crippen LogP contribution in [0.15, 0.2) is 66.9 Å². The largest absolute Gasteiger partial charge is 0.339 e. The average molecular weight is 274 g/mol. The molecule has 3 rings (SSSR count). The molecular formula is C17H14N4. The lowest BCUT2D eigenvalue weighted by molar-refractivity contribution is 0.871. The van der Waals surface area contributed by atoms with Gasteiger partial charge >= 0.3 is 0 Å². The lowest BCUT2D eigenvalue weighted by Gasteiger charge is -2.04. The van der Waals surface area contributed by atoms with Crippen LogP contribution in [-0.2, 0) is 0 Å². The summed E-state index contributed by atoms with van der Waals surface area (Å²) in [6.07, 6.45) is 5.78. The van der Waals surface area contributed by atoms with Gasteiger partial charge < -0.3 is 5.32 Å². The van der Waals surface area contributed by atoms with Gasteiger partial charge in [0.25, 0.3) is 0 Å². The summed E-state index contributed by atoms with van der Waals surface area (Å²) in [5, 5.41) is 14.4. The Bertz CT molecular complexity index is 724. The zero-order valence-corrected chi connectivity index (χ0v) is 11.3. The minimum atomic E-state index is 0.675. The van der Waals surface area contributed by atoms with Gasteiger partial charge in [-0.2, -0.15) is 0 Å². The standard InChI is InChI=1S/C17H14N4/c1-2-5-14(6-3-1)9-10-15-7-4-8-16(13-15)19-17-11-12-18-21-20-17/h1-13H,(H,18,19,20). The van der Waals surface area contributed by atoms with Gasteiger partial charge in [0.1, 0.15) is 0 Å². The minimum Gasteiger partial charge on any atom is -0.339 e. The molecule has 0 aliphatic heterocycles. The highest BCUT2D eigenvalue weighted by atomic mass is 15.3. The Morgan fingerprint density at radius 2 is 1.62 bits per heavy atom. The maximum Gasteiger partial charge on any atom is 0.156 e. The van der Waals surface area contributed by atoms with Crippen LogP contribution in [0.2, 0.25) is 0 Å². The van der Waals surface area contributed by atoms with E-state index in [4.69, 9.17) is 0 Å². The summed E-state index contributed by atoms with van der Waals surface area (Å²) in [5.74, 6) is 0.675. The van der Waals surface area contributed by atoms with E-state index in [1.54, 1.807) is 12.3 Å².